The molecule has 2 aliphatic rings. The van der Waals surface area contributed by atoms with Gasteiger partial charge < -0.3 is 9.31 Å². The molecule has 1 aromatic carbocycles. The van der Waals surface area contributed by atoms with Crippen LogP contribution in [-0.2, 0) is 9.31 Å². The van der Waals surface area contributed by atoms with Crippen LogP contribution in [0.3, 0.4) is 0 Å². The summed E-state index contributed by atoms with van der Waals surface area (Å²) >= 11 is 0. The van der Waals surface area contributed by atoms with Gasteiger partial charge in [0.1, 0.15) is 0 Å². The molecule has 1 saturated carbocycles. The van der Waals surface area contributed by atoms with Crippen LogP contribution in [0.15, 0.2) is 30.3 Å². The predicted octanol–water partition coefficient (Wildman–Crippen LogP) is 3.88. The average Bonchev–Trinajstić information content (AvgIpc) is 2.94. The Bertz CT molecular complexity index is 453. The summed E-state index contributed by atoms with van der Waals surface area (Å²) in [7, 11) is -0.0646. The number of benzene rings is 1. The molecule has 102 valence electrons. The third kappa shape index (κ3) is 2.04. The van der Waals surface area contributed by atoms with Crippen molar-refractivity contribution in [1.82, 2.24) is 0 Å². The molecule has 1 heterocycles. The first-order valence-corrected chi connectivity index (χ1v) is 7.24. The summed E-state index contributed by atoms with van der Waals surface area (Å²) in [5.74, 6) is 1.71. The molecule has 0 radical (unpaired) electrons. The summed E-state index contributed by atoms with van der Waals surface area (Å²) < 4.78 is 12.4. The van der Waals surface area contributed by atoms with Gasteiger partial charge in [-0.05, 0) is 45.1 Å². The zero-order valence-electron chi connectivity index (χ0n) is 12.5. The fourth-order valence-corrected chi connectivity index (χ4v) is 3.16. The van der Waals surface area contributed by atoms with Gasteiger partial charge in [0.2, 0.25) is 0 Å². The molecular weight excluding hydrogens is 235 g/mol. The summed E-state index contributed by atoms with van der Waals surface area (Å²) in [6.45, 7) is 10.8. The summed E-state index contributed by atoms with van der Waals surface area (Å²) in [4.78, 5) is 0. The molecule has 3 atom stereocenters. The molecule has 0 spiro atoms. The van der Waals surface area contributed by atoms with Gasteiger partial charge in [0.05, 0.1) is 11.2 Å². The Morgan fingerprint density at radius 1 is 0.947 bits per heavy atom. The van der Waals surface area contributed by atoms with Crippen LogP contribution in [0.2, 0.25) is 5.82 Å². The predicted molar refractivity (Wildman–Crippen MR) is 78.2 cm³/mol. The standard InChI is InChI=1S/C16H23BO2/c1-11-13(12-9-7-6-8-10-12)14(11)17-18-15(2,3)16(4,5)19-17/h6-11,13-14H,1-5H3/t11-,13?,14?/m0/s1. The smallest absolute Gasteiger partial charge is 0.403 e. The minimum Gasteiger partial charge on any atom is -0.403 e. The highest BCUT2D eigenvalue weighted by Crippen LogP contribution is 2.62. The highest BCUT2D eigenvalue weighted by Gasteiger charge is 2.63. The Kier molecular flexibility index (Phi) is 2.85. The third-order valence-electron chi connectivity index (χ3n) is 5.22. The summed E-state index contributed by atoms with van der Waals surface area (Å²) in [6.07, 6.45) is 0. The fourth-order valence-electron chi connectivity index (χ4n) is 3.16. The second kappa shape index (κ2) is 4.10. The van der Waals surface area contributed by atoms with Gasteiger partial charge in [-0.2, -0.15) is 0 Å². The van der Waals surface area contributed by atoms with E-state index in [0.29, 0.717) is 17.7 Å². The van der Waals surface area contributed by atoms with Gasteiger partial charge in [-0.1, -0.05) is 37.3 Å². The van der Waals surface area contributed by atoms with Crippen LogP contribution in [0.5, 0.6) is 0 Å². The first-order valence-electron chi connectivity index (χ1n) is 7.24. The molecule has 3 rings (SSSR count). The van der Waals surface area contributed by atoms with Crippen molar-refractivity contribution in [3.63, 3.8) is 0 Å². The summed E-state index contributed by atoms with van der Waals surface area (Å²) in [6, 6.07) is 10.7. The molecule has 3 heteroatoms. The van der Waals surface area contributed by atoms with Crippen LogP contribution in [0.25, 0.3) is 0 Å². The third-order valence-corrected chi connectivity index (χ3v) is 5.22. The minimum absolute atomic E-state index is 0.0646. The maximum atomic E-state index is 6.19. The van der Waals surface area contributed by atoms with Gasteiger partial charge in [-0.15, -0.1) is 0 Å². The molecule has 1 aromatic rings. The SMILES string of the molecule is C[C@@H]1C(B2OC(C)(C)C(C)(C)O2)C1c1ccccc1. The van der Waals surface area contributed by atoms with E-state index in [0.717, 1.165) is 0 Å². The topological polar surface area (TPSA) is 18.5 Å². The van der Waals surface area contributed by atoms with Crippen molar-refractivity contribution in [3.05, 3.63) is 35.9 Å². The number of rotatable bonds is 2. The second-order valence-corrected chi connectivity index (χ2v) is 7.00. The van der Waals surface area contributed by atoms with Gasteiger partial charge in [0.15, 0.2) is 0 Å². The van der Waals surface area contributed by atoms with E-state index >= 15 is 0 Å². The van der Waals surface area contributed by atoms with E-state index in [1.807, 2.05) is 0 Å². The van der Waals surface area contributed by atoms with E-state index in [1.165, 1.54) is 5.56 Å². The molecule has 0 N–H and O–H groups in total. The average molecular weight is 258 g/mol. The Morgan fingerprint density at radius 2 is 1.47 bits per heavy atom. The van der Waals surface area contributed by atoms with Crippen molar-refractivity contribution in [2.24, 2.45) is 5.92 Å². The zero-order chi connectivity index (χ0) is 13.8. The van der Waals surface area contributed by atoms with Crippen LogP contribution in [-0.4, -0.2) is 18.3 Å². The van der Waals surface area contributed by atoms with Crippen LogP contribution in [0.4, 0.5) is 0 Å². The van der Waals surface area contributed by atoms with Crippen LogP contribution >= 0.6 is 0 Å². The molecule has 1 aliphatic heterocycles. The Hall–Kier alpha value is -0.795. The van der Waals surface area contributed by atoms with E-state index in [4.69, 9.17) is 9.31 Å². The van der Waals surface area contributed by atoms with E-state index in [2.05, 4.69) is 65.0 Å². The molecule has 19 heavy (non-hydrogen) atoms. The summed E-state index contributed by atoms with van der Waals surface area (Å²) in [5.41, 5.74) is 0.970. The van der Waals surface area contributed by atoms with Crippen LogP contribution in [0, 0.1) is 5.92 Å². The first kappa shape index (κ1) is 13.2. The molecule has 2 unspecified atom stereocenters. The lowest BCUT2D eigenvalue weighted by Gasteiger charge is -2.32. The minimum atomic E-state index is -0.221. The van der Waals surface area contributed by atoms with Crippen molar-refractivity contribution >= 4 is 7.12 Å². The van der Waals surface area contributed by atoms with Crippen LogP contribution < -0.4 is 0 Å². The monoisotopic (exact) mass is 258 g/mol. The molecule has 0 aromatic heterocycles. The zero-order valence-corrected chi connectivity index (χ0v) is 12.5. The Labute approximate surface area is 116 Å². The van der Waals surface area contributed by atoms with Crippen molar-refractivity contribution < 1.29 is 9.31 Å². The fraction of sp³-hybridized carbons (Fsp3) is 0.625. The van der Waals surface area contributed by atoms with E-state index in [-0.39, 0.29) is 18.3 Å². The highest BCUT2D eigenvalue weighted by molar-refractivity contribution is 6.49. The second-order valence-electron chi connectivity index (χ2n) is 7.00. The van der Waals surface area contributed by atoms with E-state index < -0.39 is 0 Å². The van der Waals surface area contributed by atoms with Crippen molar-refractivity contribution in [2.45, 2.75) is 57.6 Å². The summed E-state index contributed by atoms with van der Waals surface area (Å²) in [5, 5.41) is 0. The lowest BCUT2D eigenvalue weighted by Crippen LogP contribution is -2.41. The lowest BCUT2D eigenvalue weighted by atomic mass is 9.79. The quantitative estimate of drug-likeness (QED) is 0.749. The Morgan fingerprint density at radius 3 is 2.00 bits per heavy atom. The van der Waals surface area contributed by atoms with Gasteiger partial charge >= 0.3 is 7.12 Å². The van der Waals surface area contributed by atoms with Crippen molar-refractivity contribution in [3.8, 4) is 0 Å². The normalized spacial score (nSPS) is 35.4. The van der Waals surface area contributed by atoms with Crippen molar-refractivity contribution in [2.75, 3.05) is 0 Å². The lowest BCUT2D eigenvalue weighted by molar-refractivity contribution is 0.00578. The highest BCUT2D eigenvalue weighted by atomic mass is 16.7. The van der Waals surface area contributed by atoms with Gasteiger partial charge in [-0.25, -0.2) is 0 Å². The van der Waals surface area contributed by atoms with Crippen molar-refractivity contribution in [1.29, 1.82) is 0 Å². The molecule has 2 nitrogen and oxygen atoms in total. The van der Waals surface area contributed by atoms with Gasteiger partial charge in [0, 0.05) is 5.82 Å². The molecule has 0 amide bonds. The molecular formula is C16H23BO2. The maximum Gasteiger partial charge on any atom is 0.462 e. The van der Waals surface area contributed by atoms with Crippen LogP contribution in [0.1, 0.15) is 46.1 Å². The number of hydrogen-bond acceptors (Lipinski definition) is 2. The first-order chi connectivity index (χ1) is 8.83. The molecule has 1 aliphatic carbocycles. The molecule has 0 bridgehead atoms. The molecule has 2 fully saturated rings. The van der Waals surface area contributed by atoms with E-state index in [1.54, 1.807) is 0 Å². The van der Waals surface area contributed by atoms with Gasteiger partial charge in [0.25, 0.3) is 0 Å². The maximum absolute atomic E-state index is 6.19. The Balaban J connectivity index is 1.77. The largest absolute Gasteiger partial charge is 0.462 e. The molecule has 1 saturated heterocycles. The van der Waals surface area contributed by atoms with E-state index in [9.17, 15) is 0 Å². The van der Waals surface area contributed by atoms with Gasteiger partial charge in [-0.3, -0.25) is 0 Å². The number of hydrogen-bond donors (Lipinski definition) is 0.